The molecule has 12 heavy (non-hydrogen) atoms. The zero-order valence-corrected chi connectivity index (χ0v) is 6.11. The van der Waals surface area contributed by atoms with E-state index in [9.17, 15) is 4.79 Å². The van der Waals surface area contributed by atoms with E-state index in [4.69, 9.17) is 5.73 Å². The summed E-state index contributed by atoms with van der Waals surface area (Å²) in [6.45, 7) is 0. The number of fused-ring (bicyclic) bond motifs is 1. The third kappa shape index (κ3) is 0.914. The summed E-state index contributed by atoms with van der Waals surface area (Å²) >= 11 is 0. The predicted octanol–water partition coefficient (Wildman–Crippen LogP) is -0.0997. The van der Waals surface area contributed by atoms with Crippen LogP contribution in [0.25, 0.3) is 11.0 Å². The molecular formula is C7H6N4O. The number of rotatable bonds is 0. The van der Waals surface area contributed by atoms with Crippen molar-refractivity contribution in [2.24, 2.45) is 0 Å². The van der Waals surface area contributed by atoms with Crippen molar-refractivity contribution in [1.82, 2.24) is 15.0 Å². The number of nitrogens with zero attached hydrogens (tertiary/aromatic N) is 2. The van der Waals surface area contributed by atoms with Crippen LogP contribution in [0.15, 0.2) is 23.3 Å². The molecule has 0 aliphatic rings. The highest BCUT2D eigenvalue weighted by Crippen LogP contribution is 2.03. The Labute approximate surface area is 67.3 Å². The summed E-state index contributed by atoms with van der Waals surface area (Å²) < 4.78 is 0. The number of nitrogens with two attached hydrogens (primary N) is 1. The van der Waals surface area contributed by atoms with Crippen LogP contribution in [-0.2, 0) is 0 Å². The summed E-state index contributed by atoms with van der Waals surface area (Å²) in [4.78, 5) is 21.2. The average Bonchev–Trinajstić information content (AvgIpc) is 2.07. The standard InChI is InChI=1S/C7H6N4O/c8-6-7(12)11-5-3-9-2-1-4(5)10-6/h1-3H,(H2,8,10)(H,11,12). The zero-order chi connectivity index (χ0) is 8.55. The molecule has 0 saturated heterocycles. The smallest absolute Gasteiger partial charge is 0.291 e. The fraction of sp³-hybridized carbons (Fsp3) is 0. The lowest BCUT2D eigenvalue weighted by atomic mass is 10.4. The average molecular weight is 162 g/mol. The molecule has 0 fully saturated rings. The van der Waals surface area contributed by atoms with Crippen molar-refractivity contribution in [3.05, 3.63) is 28.8 Å². The molecule has 0 atom stereocenters. The molecule has 0 aliphatic carbocycles. The van der Waals surface area contributed by atoms with Gasteiger partial charge in [0.2, 0.25) is 0 Å². The fourth-order valence-electron chi connectivity index (χ4n) is 0.948. The van der Waals surface area contributed by atoms with Crippen molar-refractivity contribution in [1.29, 1.82) is 0 Å². The molecule has 5 heteroatoms. The molecule has 0 amide bonds. The first-order chi connectivity index (χ1) is 5.77. The summed E-state index contributed by atoms with van der Waals surface area (Å²) in [5, 5.41) is 0. The summed E-state index contributed by atoms with van der Waals surface area (Å²) in [7, 11) is 0. The number of H-pyrrole nitrogens is 1. The number of aromatic amines is 1. The van der Waals surface area contributed by atoms with Gasteiger partial charge in [0.15, 0.2) is 5.82 Å². The Balaban J connectivity index is 2.93. The SMILES string of the molecule is Nc1nc2ccncc2[nH]c1=O. The second-order valence-electron chi connectivity index (χ2n) is 2.34. The first-order valence-corrected chi connectivity index (χ1v) is 3.37. The van der Waals surface area contributed by atoms with Gasteiger partial charge in [0.1, 0.15) is 0 Å². The molecule has 0 aliphatic heterocycles. The van der Waals surface area contributed by atoms with Crippen LogP contribution in [0.2, 0.25) is 0 Å². The maximum atomic E-state index is 11.0. The van der Waals surface area contributed by atoms with Crippen molar-refractivity contribution in [2.45, 2.75) is 0 Å². The van der Waals surface area contributed by atoms with Gasteiger partial charge in [-0.2, -0.15) is 0 Å². The monoisotopic (exact) mass is 162 g/mol. The largest absolute Gasteiger partial charge is 0.379 e. The number of hydrogen-bond donors (Lipinski definition) is 2. The Morgan fingerprint density at radius 2 is 2.33 bits per heavy atom. The quantitative estimate of drug-likeness (QED) is 0.566. The molecule has 0 bridgehead atoms. The number of aromatic nitrogens is 3. The van der Waals surface area contributed by atoms with E-state index < -0.39 is 0 Å². The van der Waals surface area contributed by atoms with Crippen LogP contribution in [0.5, 0.6) is 0 Å². The van der Waals surface area contributed by atoms with Gasteiger partial charge in [-0.15, -0.1) is 0 Å². The highest BCUT2D eigenvalue weighted by atomic mass is 16.1. The van der Waals surface area contributed by atoms with Crippen molar-refractivity contribution in [2.75, 3.05) is 5.73 Å². The van der Waals surface area contributed by atoms with Gasteiger partial charge in [0.25, 0.3) is 5.56 Å². The van der Waals surface area contributed by atoms with E-state index in [0.717, 1.165) is 0 Å². The maximum Gasteiger partial charge on any atom is 0.291 e. The highest BCUT2D eigenvalue weighted by molar-refractivity contribution is 5.73. The molecule has 2 rings (SSSR count). The first-order valence-electron chi connectivity index (χ1n) is 3.37. The van der Waals surface area contributed by atoms with Crippen LogP contribution >= 0.6 is 0 Å². The molecule has 2 heterocycles. The number of nitrogen functional groups attached to an aromatic ring is 1. The minimum atomic E-state index is -0.379. The number of pyridine rings is 1. The van der Waals surface area contributed by atoms with Gasteiger partial charge in [-0.3, -0.25) is 9.78 Å². The van der Waals surface area contributed by atoms with Gasteiger partial charge in [0, 0.05) is 6.20 Å². The van der Waals surface area contributed by atoms with E-state index >= 15 is 0 Å². The van der Waals surface area contributed by atoms with E-state index in [1.807, 2.05) is 0 Å². The highest BCUT2D eigenvalue weighted by Gasteiger charge is 1.98. The minimum Gasteiger partial charge on any atom is -0.379 e. The molecule has 5 nitrogen and oxygen atoms in total. The molecule has 2 aromatic heterocycles. The second-order valence-corrected chi connectivity index (χ2v) is 2.34. The van der Waals surface area contributed by atoms with Crippen molar-refractivity contribution in [3.8, 4) is 0 Å². The third-order valence-electron chi connectivity index (χ3n) is 1.52. The summed E-state index contributed by atoms with van der Waals surface area (Å²) in [6.07, 6.45) is 3.12. The van der Waals surface area contributed by atoms with Gasteiger partial charge >= 0.3 is 0 Å². The maximum absolute atomic E-state index is 11.0. The van der Waals surface area contributed by atoms with Crippen LogP contribution in [0.3, 0.4) is 0 Å². The van der Waals surface area contributed by atoms with Gasteiger partial charge in [-0.1, -0.05) is 0 Å². The predicted molar refractivity (Wildman–Crippen MR) is 44.6 cm³/mol. The lowest BCUT2D eigenvalue weighted by molar-refractivity contribution is 1.20. The Morgan fingerprint density at radius 3 is 3.17 bits per heavy atom. The second kappa shape index (κ2) is 2.30. The Hall–Kier alpha value is -1.91. The molecule has 0 aromatic carbocycles. The number of nitrogens with one attached hydrogen (secondary N) is 1. The lowest BCUT2D eigenvalue weighted by Gasteiger charge is -1.95. The van der Waals surface area contributed by atoms with Crippen molar-refractivity contribution < 1.29 is 0 Å². The Kier molecular flexibility index (Phi) is 1.30. The molecule has 3 N–H and O–H groups in total. The van der Waals surface area contributed by atoms with Crippen LogP contribution in [0.1, 0.15) is 0 Å². The van der Waals surface area contributed by atoms with Gasteiger partial charge < -0.3 is 10.7 Å². The molecule has 2 aromatic rings. The third-order valence-corrected chi connectivity index (χ3v) is 1.52. The van der Waals surface area contributed by atoms with E-state index in [2.05, 4.69) is 15.0 Å². The van der Waals surface area contributed by atoms with E-state index in [0.29, 0.717) is 11.0 Å². The van der Waals surface area contributed by atoms with E-state index in [1.54, 1.807) is 12.3 Å². The van der Waals surface area contributed by atoms with E-state index in [1.165, 1.54) is 6.20 Å². The van der Waals surface area contributed by atoms with E-state index in [-0.39, 0.29) is 11.4 Å². The van der Waals surface area contributed by atoms with Crippen LogP contribution < -0.4 is 11.3 Å². The first kappa shape index (κ1) is 6.78. The molecule has 0 saturated carbocycles. The topological polar surface area (TPSA) is 84.7 Å². The lowest BCUT2D eigenvalue weighted by Crippen LogP contribution is -2.13. The van der Waals surface area contributed by atoms with Gasteiger partial charge in [-0.05, 0) is 6.07 Å². The number of hydrogen-bond acceptors (Lipinski definition) is 4. The van der Waals surface area contributed by atoms with Crippen LogP contribution in [0.4, 0.5) is 5.82 Å². The zero-order valence-electron chi connectivity index (χ0n) is 6.11. The normalized spacial score (nSPS) is 10.3. The summed E-state index contributed by atoms with van der Waals surface area (Å²) in [6, 6.07) is 1.68. The van der Waals surface area contributed by atoms with Gasteiger partial charge in [0.05, 0.1) is 17.2 Å². The minimum absolute atomic E-state index is 0.0197. The van der Waals surface area contributed by atoms with Crippen molar-refractivity contribution in [3.63, 3.8) is 0 Å². The summed E-state index contributed by atoms with van der Waals surface area (Å²) in [5.41, 5.74) is 6.17. The Morgan fingerprint density at radius 1 is 1.50 bits per heavy atom. The molecule has 60 valence electrons. The van der Waals surface area contributed by atoms with Crippen LogP contribution in [-0.4, -0.2) is 15.0 Å². The Bertz CT molecular complexity index is 476. The molecule has 0 spiro atoms. The van der Waals surface area contributed by atoms with Crippen molar-refractivity contribution >= 4 is 16.9 Å². The molecule has 0 unspecified atom stereocenters. The number of anilines is 1. The molecular weight excluding hydrogens is 156 g/mol. The fourth-order valence-corrected chi connectivity index (χ4v) is 0.948. The molecule has 0 radical (unpaired) electrons. The van der Waals surface area contributed by atoms with Crippen LogP contribution in [0, 0.1) is 0 Å². The summed E-state index contributed by atoms with van der Waals surface area (Å²) in [5.74, 6) is -0.0197. The van der Waals surface area contributed by atoms with Gasteiger partial charge in [-0.25, -0.2) is 4.98 Å².